The molecule has 4 heteroatoms. The third-order valence-corrected chi connectivity index (χ3v) is 3.13. The summed E-state index contributed by atoms with van der Waals surface area (Å²) in [6, 6.07) is 8.04. The fraction of sp³-hybridized carbons (Fsp3) is 0.308. The van der Waals surface area contributed by atoms with E-state index >= 15 is 0 Å². The lowest BCUT2D eigenvalue weighted by molar-refractivity contribution is 0.415. The molecule has 0 unspecified atom stereocenters. The van der Waals surface area contributed by atoms with Crippen LogP contribution in [0.4, 0.5) is 0 Å². The molecule has 1 N–H and O–H groups in total. The summed E-state index contributed by atoms with van der Waals surface area (Å²) in [7, 11) is 1.68. The number of aromatic nitrogens is 2. The first-order valence-corrected chi connectivity index (χ1v) is 5.77. The fourth-order valence-electron chi connectivity index (χ4n) is 2.18. The minimum absolute atomic E-state index is 0.875. The Labute approximate surface area is 100 Å². The molecule has 0 atom stereocenters. The maximum atomic E-state index is 5.16. The van der Waals surface area contributed by atoms with Crippen molar-refractivity contribution < 1.29 is 4.74 Å². The fourth-order valence-corrected chi connectivity index (χ4v) is 2.18. The van der Waals surface area contributed by atoms with Gasteiger partial charge in [0.15, 0.2) is 0 Å². The standard InChI is InChI=1S/C13H15N3O/c1-17-11-4-2-10(3-5-11)13-12-8-14-6-7-16(12)9-15-13/h2-5,9,14H,6-8H2,1H3. The lowest BCUT2D eigenvalue weighted by Crippen LogP contribution is -2.27. The maximum absolute atomic E-state index is 5.16. The summed E-state index contributed by atoms with van der Waals surface area (Å²) in [5, 5.41) is 3.37. The summed E-state index contributed by atoms with van der Waals surface area (Å²) in [5.41, 5.74) is 3.48. The summed E-state index contributed by atoms with van der Waals surface area (Å²) >= 11 is 0. The topological polar surface area (TPSA) is 39.1 Å². The van der Waals surface area contributed by atoms with Crippen molar-refractivity contribution in [3.05, 3.63) is 36.3 Å². The van der Waals surface area contributed by atoms with Gasteiger partial charge in [-0.3, -0.25) is 0 Å². The molecule has 0 saturated heterocycles. The van der Waals surface area contributed by atoms with Crippen LogP contribution in [0.3, 0.4) is 0 Å². The zero-order chi connectivity index (χ0) is 11.7. The molecule has 1 aromatic heterocycles. The highest BCUT2D eigenvalue weighted by Crippen LogP contribution is 2.25. The molecule has 4 nitrogen and oxygen atoms in total. The molecule has 2 heterocycles. The number of hydrogen-bond acceptors (Lipinski definition) is 3. The summed E-state index contributed by atoms with van der Waals surface area (Å²) in [6.45, 7) is 2.91. The van der Waals surface area contributed by atoms with Crippen LogP contribution in [-0.4, -0.2) is 23.2 Å². The molecular weight excluding hydrogens is 214 g/mol. The van der Waals surface area contributed by atoms with E-state index in [1.807, 2.05) is 18.5 Å². The van der Waals surface area contributed by atoms with Gasteiger partial charge < -0.3 is 14.6 Å². The van der Waals surface area contributed by atoms with Crippen molar-refractivity contribution in [2.45, 2.75) is 13.1 Å². The minimum atomic E-state index is 0.875. The molecule has 17 heavy (non-hydrogen) atoms. The van der Waals surface area contributed by atoms with E-state index in [0.717, 1.165) is 36.6 Å². The van der Waals surface area contributed by atoms with E-state index in [0.29, 0.717) is 0 Å². The van der Waals surface area contributed by atoms with Crippen LogP contribution in [0.1, 0.15) is 5.69 Å². The van der Waals surface area contributed by atoms with Gasteiger partial charge in [-0.15, -0.1) is 0 Å². The number of rotatable bonds is 2. The average molecular weight is 229 g/mol. The molecule has 1 aliphatic heterocycles. The highest BCUT2D eigenvalue weighted by Gasteiger charge is 2.15. The molecule has 0 spiro atoms. The molecule has 1 aromatic carbocycles. The number of nitrogens with zero attached hydrogens (tertiary/aromatic N) is 2. The Morgan fingerprint density at radius 3 is 2.88 bits per heavy atom. The molecule has 88 valence electrons. The summed E-state index contributed by atoms with van der Waals surface area (Å²) < 4.78 is 7.38. The SMILES string of the molecule is COc1ccc(-c2ncn3c2CNCC3)cc1. The number of nitrogens with one attached hydrogen (secondary N) is 1. The second kappa shape index (κ2) is 4.22. The minimum Gasteiger partial charge on any atom is -0.497 e. The second-order valence-electron chi connectivity index (χ2n) is 4.14. The van der Waals surface area contributed by atoms with Crippen molar-refractivity contribution in [2.24, 2.45) is 0 Å². The van der Waals surface area contributed by atoms with Crippen LogP contribution in [0.25, 0.3) is 11.3 Å². The monoisotopic (exact) mass is 229 g/mol. The van der Waals surface area contributed by atoms with E-state index in [1.54, 1.807) is 7.11 Å². The van der Waals surface area contributed by atoms with Crippen molar-refractivity contribution >= 4 is 0 Å². The highest BCUT2D eigenvalue weighted by atomic mass is 16.5. The Balaban J connectivity index is 2.00. The van der Waals surface area contributed by atoms with Crippen LogP contribution in [0.15, 0.2) is 30.6 Å². The highest BCUT2D eigenvalue weighted by molar-refractivity contribution is 5.63. The third-order valence-electron chi connectivity index (χ3n) is 3.13. The summed E-state index contributed by atoms with van der Waals surface area (Å²) in [4.78, 5) is 4.51. The van der Waals surface area contributed by atoms with Crippen molar-refractivity contribution in [3.63, 3.8) is 0 Å². The molecular formula is C13H15N3O. The first-order valence-electron chi connectivity index (χ1n) is 5.77. The number of imidazole rings is 1. The first kappa shape index (κ1) is 10.4. The van der Waals surface area contributed by atoms with Crippen molar-refractivity contribution in [3.8, 4) is 17.0 Å². The Kier molecular flexibility index (Phi) is 2.57. The van der Waals surface area contributed by atoms with Crippen LogP contribution in [0, 0.1) is 0 Å². The molecule has 0 saturated carbocycles. The maximum Gasteiger partial charge on any atom is 0.118 e. The average Bonchev–Trinajstić information content (AvgIpc) is 2.83. The summed E-state index contributed by atoms with van der Waals surface area (Å²) in [6.07, 6.45) is 1.93. The van der Waals surface area contributed by atoms with Gasteiger partial charge in [0.25, 0.3) is 0 Å². The van der Waals surface area contributed by atoms with Crippen LogP contribution in [0.2, 0.25) is 0 Å². The van der Waals surface area contributed by atoms with Gasteiger partial charge in [-0.1, -0.05) is 0 Å². The van der Waals surface area contributed by atoms with Gasteiger partial charge in [-0.2, -0.15) is 0 Å². The van der Waals surface area contributed by atoms with E-state index in [1.165, 1.54) is 5.69 Å². The Morgan fingerprint density at radius 1 is 1.29 bits per heavy atom. The number of benzene rings is 1. The lowest BCUT2D eigenvalue weighted by atomic mass is 10.1. The van der Waals surface area contributed by atoms with Crippen molar-refractivity contribution in [2.75, 3.05) is 13.7 Å². The predicted octanol–water partition coefficient (Wildman–Crippen LogP) is 1.66. The van der Waals surface area contributed by atoms with Crippen LogP contribution in [-0.2, 0) is 13.1 Å². The number of methoxy groups -OCH3 is 1. The van der Waals surface area contributed by atoms with Crippen LogP contribution in [0.5, 0.6) is 5.75 Å². The molecule has 0 amide bonds. The quantitative estimate of drug-likeness (QED) is 0.851. The lowest BCUT2D eigenvalue weighted by Gasteiger charge is -2.16. The second-order valence-corrected chi connectivity index (χ2v) is 4.14. The molecule has 0 aliphatic carbocycles. The van der Waals surface area contributed by atoms with Gasteiger partial charge >= 0.3 is 0 Å². The van der Waals surface area contributed by atoms with Crippen molar-refractivity contribution in [1.29, 1.82) is 0 Å². The number of hydrogen-bond donors (Lipinski definition) is 1. The van der Waals surface area contributed by atoms with E-state index in [4.69, 9.17) is 4.74 Å². The van der Waals surface area contributed by atoms with E-state index in [2.05, 4.69) is 27.0 Å². The molecule has 2 aromatic rings. The van der Waals surface area contributed by atoms with Gasteiger partial charge in [-0.25, -0.2) is 4.98 Å². The van der Waals surface area contributed by atoms with E-state index < -0.39 is 0 Å². The normalized spacial score (nSPS) is 14.4. The van der Waals surface area contributed by atoms with Gasteiger partial charge in [-0.05, 0) is 24.3 Å². The Morgan fingerprint density at radius 2 is 2.12 bits per heavy atom. The zero-order valence-corrected chi connectivity index (χ0v) is 9.81. The molecule has 3 rings (SSSR count). The molecule has 0 bridgehead atoms. The smallest absolute Gasteiger partial charge is 0.118 e. The van der Waals surface area contributed by atoms with Gasteiger partial charge in [0.05, 0.1) is 24.8 Å². The van der Waals surface area contributed by atoms with Gasteiger partial charge in [0.1, 0.15) is 5.75 Å². The first-order chi connectivity index (χ1) is 8.38. The molecule has 1 aliphatic rings. The number of ether oxygens (including phenoxy) is 1. The number of fused-ring (bicyclic) bond motifs is 1. The Hall–Kier alpha value is -1.81. The molecule has 0 fully saturated rings. The third kappa shape index (κ3) is 1.80. The van der Waals surface area contributed by atoms with E-state index in [-0.39, 0.29) is 0 Å². The van der Waals surface area contributed by atoms with Crippen LogP contribution >= 0.6 is 0 Å². The van der Waals surface area contributed by atoms with E-state index in [9.17, 15) is 0 Å². The van der Waals surface area contributed by atoms with Gasteiger partial charge in [0.2, 0.25) is 0 Å². The van der Waals surface area contributed by atoms with Crippen molar-refractivity contribution in [1.82, 2.24) is 14.9 Å². The van der Waals surface area contributed by atoms with Crippen LogP contribution < -0.4 is 10.1 Å². The predicted molar refractivity (Wildman–Crippen MR) is 65.9 cm³/mol. The van der Waals surface area contributed by atoms with Gasteiger partial charge in [0, 0.05) is 25.2 Å². The Bertz CT molecular complexity index is 516. The molecule has 0 radical (unpaired) electrons. The largest absolute Gasteiger partial charge is 0.497 e. The summed E-state index contributed by atoms with van der Waals surface area (Å²) in [5.74, 6) is 0.875. The zero-order valence-electron chi connectivity index (χ0n) is 9.81.